The number of hydrogen-bond acceptors (Lipinski definition) is 4. The van der Waals surface area contributed by atoms with Gasteiger partial charge in [-0.3, -0.25) is 0 Å². The molecule has 1 heterocycles. The molecule has 0 saturated heterocycles. The maximum Gasteiger partial charge on any atom is 0.410 e. The van der Waals surface area contributed by atoms with Gasteiger partial charge in [-0.1, -0.05) is 29.3 Å². The predicted molar refractivity (Wildman–Crippen MR) is 96.2 cm³/mol. The lowest BCUT2D eigenvalue weighted by molar-refractivity contribution is 0.0270. The highest BCUT2D eigenvalue weighted by Crippen LogP contribution is 2.38. The third-order valence-corrected chi connectivity index (χ3v) is 4.32. The minimum absolute atomic E-state index is 0.254. The molecule has 0 radical (unpaired) electrons. The van der Waals surface area contributed by atoms with Crippen molar-refractivity contribution in [2.75, 3.05) is 13.1 Å². The summed E-state index contributed by atoms with van der Waals surface area (Å²) in [6, 6.07) is 3.12. The molecule has 1 aromatic rings. The zero-order valence-corrected chi connectivity index (χ0v) is 15.9. The van der Waals surface area contributed by atoms with Gasteiger partial charge in [-0.25, -0.2) is 4.79 Å². The Kier molecular flexibility index (Phi) is 6.28. The molecule has 1 aliphatic heterocycles. The molecule has 0 N–H and O–H groups in total. The van der Waals surface area contributed by atoms with Crippen LogP contribution in [0.5, 0.6) is 5.75 Å². The molecule has 0 fully saturated rings. The van der Waals surface area contributed by atoms with Gasteiger partial charge in [0.25, 0.3) is 12.4 Å². The molecule has 0 saturated carbocycles. The number of benzene rings is 1. The summed E-state index contributed by atoms with van der Waals surface area (Å²) in [6.45, 7) is 6.36. The van der Waals surface area contributed by atoms with Gasteiger partial charge in [-0.05, 0) is 38.8 Å². The van der Waals surface area contributed by atoms with E-state index >= 15 is 0 Å². The summed E-state index contributed by atoms with van der Waals surface area (Å²) < 4.78 is 22.8. The Morgan fingerprint density at radius 2 is 1.96 bits per heavy atom. The van der Waals surface area contributed by atoms with Crippen molar-refractivity contribution < 1.29 is 17.6 Å². The quantitative estimate of drug-likeness (QED) is 0.596. The minimum atomic E-state index is -0.538. The van der Waals surface area contributed by atoms with E-state index in [2.05, 4.69) is 0 Å². The second-order valence-corrected chi connectivity index (χ2v) is 7.42. The van der Waals surface area contributed by atoms with Gasteiger partial charge in [-0.15, -0.1) is 3.89 Å². The van der Waals surface area contributed by atoms with E-state index in [1.54, 1.807) is 11.0 Å². The molecule has 24 heavy (non-hydrogen) atoms. The first-order chi connectivity index (χ1) is 11.2. The Bertz CT molecular complexity index is 661. The van der Waals surface area contributed by atoms with E-state index in [0.717, 1.165) is 5.57 Å². The average Bonchev–Trinajstić information content (AvgIpc) is 2.49. The molecule has 4 nitrogen and oxygen atoms in total. The van der Waals surface area contributed by atoms with E-state index in [9.17, 15) is 8.68 Å². The number of nitrogens with zero attached hydrogens (tertiary/aromatic N) is 1. The summed E-state index contributed by atoms with van der Waals surface area (Å²) in [7, 11) is 0. The van der Waals surface area contributed by atoms with Crippen molar-refractivity contribution in [1.29, 1.82) is 0 Å². The fourth-order valence-electron chi connectivity index (χ4n) is 2.29. The van der Waals surface area contributed by atoms with Crippen LogP contribution in [0.2, 0.25) is 10.0 Å². The van der Waals surface area contributed by atoms with E-state index < -0.39 is 5.60 Å². The third kappa shape index (κ3) is 4.94. The largest absolute Gasteiger partial charge is 0.444 e. The van der Waals surface area contributed by atoms with Crippen LogP contribution in [0.4, 0.5) is 8.68 Å². The number of rotatable bonds is 3. The maximum atomic E-state index is 12.5. The van der Waals surface area contributed by atoms with E-state index in [0.29, 0.717) is 35.8 Å². The fourth-order valence-corrected chi connectivity index (χ4v) is 2.81. The van der Waals surface area contributed by atoms with E-state index in [1.165, 1.54) is 6.07 Å². The number of hydrogen-bond donors (Lipinski definition) is 0. The van der Waals surface area contributed by atoms with Crippen LogP contribution in [0.15, 0.2) is 18.2 Å². The summed E-state index contributed by atoms with van der Waals surface area (Å²) in [6.07, 6.45) is 2.09. The Hall–Kier alpha value is -1.11. The third-order valence-electron chi connectivity index (χ3n) is 3.35. The first-order valence-electron chi connectivity index (χ1n) is 7.33. The van der Waals surface area contributed by atoms with Crippen molar-refractivity contribution in [3.63, 3.8) is 0 Å². The van der Waals surface area contributed by atoms with E-state index in [4.69, 9.17) is 32.1 Å². The van der Waals surface area contributed by atoms with Crippen molar-refractivity contribution in [2.24, 2.45) is 0 Å². The van der Waals surface area contributed by atoms with Gasteiger partial charge in [-0.2, -0.15) is 0 Å². The SMILES string of the molecule is CC(C)(C)OC(=O)N1CC=C(c2cc(Cl)c(Cl)cc2OSF)CC1. The van der Waals surface area contributed by atoms with Gasteiger partial charge < -0.3 is 13.8 Å². The van der Waals surface area contributed by atoms with Crippen LogP contribution >= 0.6 is 35.6 Å². The molecule has 132 valence electrons. The van der Waals surface area contributed by atoms with Crippen LogP contribution in [0.3, 0.4) is 0 Å². The van der Waals surface area contributed by atoms with Gasteiger partial charge >= 0.3 is 6.09 Å². The standard InChI is InChI=1S/C16H18Cl2FNO3S/c1-16(2,3)22-15(21)20-6-4-10(5-7-20)11-8-12(17)13(18)9-14(11)23-24-19/h4,8-9H,5-7H2,1-3H3. The molecule has 2 rings (SSSR count). The molecular weight excluding hydrogens is 376 g/mol. The number of amides is 1. The summed E-state index contributed by atoms with van der Waals surface area (Å²) in [5.41, 5.74) is 1.04. The Morgan fingerprint density at radius 1 is 1.29 bits per heavy atom. The lowest BCUT2D eigenvalue weighted by Gasteiger charge is -2.30. The summed E-state index contributed by atoms with van der Waals surface area (Å²) in [5.74, 6) is 0.300. The van der Waals surface area contributed by atoms with Crippen molar-refractivity contribution >= 4 is 47.3 Å². The Balaban J connectivity index is 2.18. The van der Waals surface area contributed by atoms with Gasteiger partial charge in [0, 0.05) is 24.7 Å². The maximum absolute atomic E-state index is 12.5. The molecule has 1 amide bonds. The number of halogens is 3. The lowest BCUT2D eigenvalue weighted by atomic mass is 9.99. The topological polar surface area (TPSA) is 38.8 Å². The van der Waals surface area contributed by atoms with Crippen LogP contribution in [-0.4, -0.2) is 29.7 Å². The number of ether oxygens (including phenoxy) is 1. The van der Waals surface area contributed by atoms with Crippen LogP contribution < -0.4 is 4.18 Å². The highest BCUT2D eigenvalue weighted by atomic mass is 35.5. The molecule has 0 unspecified atom stereocenters. The summed E-state index contributed by atoms with van der Waals surface area (Å²) >= 11 is 11.8. The second-order valence-electron chi connectivity index (χ2n) is 6.31. The zero-order chi connectivity index (χ0) is 17.9. The highest BCUT2D eigenvalue weighted by molar-refractivity contribution is 7.89. The monoisotopic (exact) mass is 393 g/mol. The van der Waals surface area contributed by atoms with Crippen LogP contribution in [-0.2, 0) is 4.74 Å². The normalized spacial score (nSPS) is 15.1. The molecule has 1 aliphatic rings. The molecule has 1 aromatic carbocycles. The minimum Gasteiger partial charge on any atom is -0.444 e. The zero-order valence-electron chi connectivity index (χ0n) is 13.6. The lowest BCUT2D eigenvalue weighted by Crippen LogP contribution is -2.39. The fraction of sp³-hybridized carbons (Fsp3) is 0.438. The Morgan fingerprint density at radius 3 is 2.50 bits per heavy atom. The van der Waals surface area contributed by atoms with E-state index in [-0.39, 0.29) is 23.5 Å². The summed E-state index contributed by atoms with van der Waals surface area (Å²) in [5, 5.41) is 0.648. The van der Waals surface area contributed by atoms with Gasteiger partial charge in [0.05, 0.1) is 10.0 Å². The van der Waals surface area contributed by atoms with Crippen molar-refractivity contribution in [1.82, 2.24) is 4.90 Å². The molecule has 0 atom stereocenters. The Labute approximate surface area is 155 Å². The smallest absolute Gasteiger partial charge is 0.410 e. The molecule has 0 bridgehead atoms. The van der Waals surface area contributed by atoms with Gasteiger partial charge in [0.1, 0.15) is 11.4 Å². The van der Waals surface area contributed by atoms with Crippen molar-refractivity contribution in [3.05, 3.63) is 33.8 Å². The average molecular weight is 394 g/mol. The van der Waals surface area contributed by atoms with Crippen LogP contribution in [0, 0.1) is 0 Å². The second kappa shape index (κ2) is 7.85. The molecule has 8 heteroatoms. The molecule has 0 aliphatic carbocycles. The highest BCUT2D eigenvalue weighted by Gasteiger charge is 2.25. The van der Waals surface area contributed by atoms with Gasteiger partial charge in [0.2, 0.25) is 0 Å². The molecule has 0 spiro atoms. The number of carbonyl (C=O) groups is 1. The number of carbonyl (C=O) groups excluding carboxylic acids is 1. The van der Waals surface area contributed by atoms with E-state index in [1.807, 2.05) is 26.8 Å². The van der Waals surface area contributed by atoms with Crippen molar-refractivity contribution in [2.45, 2.75) is 32.8 Å². The van der Waals surface area contributed by atoms with Crippen molar-refractivity contribution in [3.8, 4) is 5.75 Å². The van der Waals surface area contributed by atoms with Crippen LogP contribution in [0.1, 0.15) is 32.8 Å². The molecular formula is C16H18Cl2FNO3S. The first kappa shape index (κ1) is 19.2. The van der Waals surface area contributed by atoms with Gasteiger partial charge in [0.15, 0.2) is 0 Å². The molecule has 0 aromatic heterocycles. The first-order valence-corrected chi connectivity index (χ1v) is 8.72. The van der Waals surface area contributed by atoms with Crippen LogP contribution in [0.25, 0.3) is 5.57 Å². The predicted octanol–water partition coefficient (Wildman–Crippen LogP) is 5.93. The summed E-state index contributed by atoms with van der Waals surface area (Å²) in [4.78, 5) is 13.7.